The van der Waals surface area contributed by atoms with E-state index in [1.54, 1.807) is 16.7 Å². The molecule has 0 aliphatic carbocycles. The molecule has 1 fully saturated rings. The minimum Gasteiger partial charge on any atom is -0.373 e. The van der Waals surface area contributed by atoms with Crippen LogP contribution in [0.5, 0.6) is 0 Å². The van der Waals surface area contributed by atoms with E-state index in [0.29, 0.717) is 20.0 Å². The number of hydrogen-bond donors (Lipinski definition) is 2. The largest absolute Gasteiger partial charge is 0.426 e. The zero-order valence-corrected chi connectivity index (χ0v) is 17.5. The third-order valence-electron chi connectivity index (χ3n) is 4.36. The third-order valence-corrected chi connectivity index (χ3v) is 7.45. The van der Waals surface area contributed by atoms with Crippen molar-refractivity contribution in [3.63, 3.8) is 0 Å². The molecule has 1 saturated heterocycles. The summed E-state index contributed by atoms with van der Waals surface area (Å²) >= 11 is 8.01. The molecule has 28 heavy (non-hydrogen) atoms. The minimum absolute atomic E-state index is 0.0486. The van der Waals surface area contributed by atoms with Gasteiger partial charge in [0.1, 0.15) is 0 Å². The van der Waals surface area contributed by atoms with Crippen molar-refractivity contribution in [3.8, 4) is 0 Å². The van der Waals surface area contributed by atoms with E-state index in [-0.39, 0.29) is 27.0 Å². The molecule has 0 bridgehead atoms. The van der Waals surface area contributed by atoms with Gasteiger partial charge in [-0.1, -0.05) is 18.5 Å². The number of alkyl halides is 3. The molecule has 1 aromatic rings. The van der Waals surface area contributed by atoms with Crippen LogP contribution in [0.25, 0.3) is 0 Å². The van der Waals surface area contributed by atoms with Crippen LogP contribution in [0.1, 0.15) is 13.8 Å². The Morgan fingerprint density at radius 3 is 2.39 bits per heavy atom. The Labute approximate surface area is 170 Å². The van der Waals surface area contributed by atoms with E-state index in [0.717, 1.165) is 17.6 Å². The molecule has 0 radical (unpaired) electrons. The second kappa shape index (κ2) is 8.29. The molecule has 1 heterocycles. The highest BCUT2D eigenvalue weighted by atomic mass is 35.5. The first-order valence-electron chi connectivity index (χ1n) is 8.31. The SMILES string of the molecule is CCS(=O)(=O)c1ccc(NC(=O)[C@@](C)(O)C(F)(F)F)c(Cl)c1N1CCSCC1. The van der Waals surface area contributed by atoms with E-state index in [9.17, 15) is 31.5 Å². The predicted octanol–water partition coefficient (Wildman–Crippen LogP) is 2.94. The van der Waals surface area contributed by atoms with Crippen molar-refractivity contribution < 1.29 is 31.5 Å². The summed E-state index contributed by atoms with van der Waals surface area (Å²) in [5, 5.41) is 11.3. The van der Waals surface area contributed by atoms with Crippen molar-refractivity contribution in [3.05, 3.63) is 17.2 Å². The molecule has 0 saturated carbocycles. The number of aliphatic hydroxyl groups is 1. The van der Waals surface area contributed by atoms with E-state index < -0.39 is 27.5 Å². The van der Waals surface area contributed by atoms with Crippen molar-refractivity contribution in [1.29, 1.82) is 0 Å². The summed E-state index contributed by atoms with van der Waals surface area (Å²) in [5.74, 6) is -0.455. The molecule has 12 heteroatoms. The highest BCUT2D eigenvalue weighted by molar-refractivity contribution is 7.99. The molecule has 0 unspecified atom stereocenters. The average molecular weight is 461 g/mol. The molecule has 1 atom stereocenters. The summed E-state index contributed by atoms with van der Waals surface area (Å²) in [4.78, 5) is 13.7. The van der Waals surface area contributed by atoms with Crippen molar-refractivity contribution in [2.75, 3.05) is 40.6 Å². The number of thioether (sulfide) groups is 1. The fourth-order valence-electron chi connectivity index (χ4n) is 2.50. The van der Waals surface area contributed by atoms with Crippen molar-refractivity contribution in [2.24, 2.45) is 0 Å². The molecule has 2 N–H and O–H groups in total. The number of halogens is 4. The van der Waals surface area contributed by atoms with Crippen LogP contribution < -0.4 is 10.2 Å². The van der Waals surface area contributed by atoms with E-state index in [2.05, 4.69) is 0 Å². The van der Waals surface area contributed by atoms with Crippen molar-refractivity contribution >= 4 is 50.5 Å². The highest BCUT2D eigenvalue weighted by Crippen LogP contribution is 2.41. The molecule has 158 valence electrons. The van der Waals surface area contributed by atoms with Crippen LogP contribution in [0, 0.1) is 0 Å². The maximum Gasteiger partial charge on any atom is 0.426 e. The number of rotatable bonds is 5. The Hall–Kier alpha value is -1.17. The van der Waals surface area contributed by atoms with E-state index in [1.165, 1.54) is 13.0 Å². The van der Waals surface area contributed by atoms with E-state index in [4.69, 9.17) is 11.6 Å². The van der Waals surface area contributed by atoms with Gasteiger partial charge >= 0.3 is 6.18 Å². The number of anilines is 2. The molecular formula is C16H20ClF3N2O4S2. The topological polar surface area (TPSA) is 86.7 Å². The Bertz CT molecular complexity index is 854. The smallest absolute Gasteiger partial charge is 0.373 e. The summed E-state index contributed by atoms with van der Waals surface area (Å²) in [7, 11) is -3.67. The number of hydrogen-bond acceptors (Lipinski definition) is 6. The molecular weight excluding hydrogens is 441 g/mol. The zero-order valence-electron chi connectivity index (χ0n) is 15.1. The van der Waals surface area contributed by atoms with Crippen LogP contribution in [0.3, 0.4) is 0 Å². The Morgan fingerprint density at radius 2 is 1.89 bits per heavy atom. The molecule has 2 rings (SSSR count). The molecule has 1 aromatic carbocycles. The first kappa shape index (κ1) is 23.1. The summed E-state index contributed by atoms with van der Waals surface area (Å²) in [6.45, 7) is 2.78. The monoisotopic (exact) mass is 460 g/mol. The van der Waals surface area contributed by atoms with Gasteiger partial charge in [-0.15, -0.1) is 0 Å². The normalized spacial score (nSPS) is 17.9. The maximum atomic E-state index is 12.9. The standard InChI is InChI=1S/C16H20ClF3N2O4S2/c1-3-28(25,26)11-5-4-10(21-14(23)15(2,24)16(18,19)20)12(17)13(11)22-6-8-27-9-7-22/h4-5,24H,3,6-9H2,1-2H3,(H,21,23)/t15-/m1/s1. The molecule has 0 aromatic heterocycles. The van der Waals surface area contributed by atoms with Crippen LogP contribution in [0.2, 0.25) is 5.02 Å². The second-order valence-electron chi connectivity index (χ2n) is 6.30. The average Bonchev–Trinajstić information content (AvgIpc) is 2.62. The number of benzene rings is 1. The number of carbonyl (C=O) groups is 1. The first-order valence-corrected chi connectivity index (χ1v) is 11.5. The quantitative estimate of drug-likeness (QED) is 0.702. The lowest BCUT2D eigenvalue weighted by atomic mass is 10.1. The number of sulfone groups is 1. The van der Waals surface area contributed by atoms with Gasteiger partial charge in [0.15, 0.2) is 9.84 Å². The summed E-state index contributed by atoms with van der Waals surface area (Å²) in [5.41, 5.74) is -3.69. The molecule has 6 nitrogen and oxygen atoms in total. The van der Waals surface area contributed by atoms with Crippen molar-refractivity contribution in [2.45, 2.75) is 30.5 Å². The van der Waals surface area contributed by atoms with Crippen LogP contribution in [-0.4, -0.2) is 61.6 Å². The molecule has 1 aliphatic rings. The fraction of sp³-hybridized carbons (Fsp3) is 0.562. The zero-order chi connectivity index (χ0) is 21.3. The lowest BCUT2D eigenvalue weighted by Crippen LogP contribution is -2.52. The molecule has 1 aliphatic heterocycles. The highest BCUT2D eigenvalue weighted by Gasteiger charge is 2.55. The molecule has 1 amide bonds. The Kier molecular flexibility index (Phi) is 6.84. The second-order valence-corrected chi connectivity index (χ2v) is 10.2. The van der Waals surface area contributed by atoms with Gasteiger partial charge < -0.3 is 15.3 Å². The number of amides is 1. The summed E-state index contributed by atoms with van der Waals surface area (Å²) in [6, 6.07) is 2.33. The van der Waals surface area contributed by atoms with Gasteiger partial charge in [-0.05, 0) is 19.1 Å². The van der Waals surface area contributed by atoms with Crippen molar-refractivity contribution in [1.82, 2.24) is 0 Å². The van der Waals surface area contributed by atoms with Gasteiger partial charge in [0.05, 0.1) is 27.0 Å². The van der Waals surface area contributed by atoms with Crippen LogP contribution >= 0.6 is 23.4 Å². The lowest BCUT2D eigenvalue weighted by molar-refractivity contribution is -0.242. The lowest BCUT2D eigenvalue weighted by Gasteiger charge is -2.32. The first-order chi connectivity index (χ1) is 12.8. The Balaban J connectivity index is 2.52. The Morgan fingerprint density at radius 1 is 1.32 bits per heavy atom. The van der Waals surface area contributed by atoms with Gasteiger partial charge in [0.25, 0.3) is 5.91 Å². The van der Waals surface area contributed by atoms with Gasteiger partial charge in [-0.3, -0.25) is 4.79 Å². The molecule has 0 spiro atoms. The van der Waals surface area contributed by atoms with E-state index >= 15 is 0 Å². The minimum atomic E-state index is -5.19. The van der Waals surface area contributed by atoms with Gasteiger partial charge in [0, 0.05) is 24.6 Å². The maximum absolute atomic E-state index is 12.9. The van der Waals surface area contributed by atoms with Gasteiger partial charge in [0.2, 0.25) is 5.60 Å². The van der Waals surface area contributed by atoms with E-state index in [1.807, 2.05) is 5.32 Å². The summed E-state index contributed by atoms with van der Waals surface area (Å²) in [6.07, 6.45) is -5.19. The van der Waals surface area contributed by atoms with Gasteiger partial charge in [-0.25, -0.2) is 8.42 Å². The number of nitrogens with zero attached hydrogens (tertiary/aromatic N) is 1. The predicted molar refractivity (Wildman–Crippen MR) is 104 cm³/mol. The third kappa shape index (κ3) is 4.52. The van der Waals surface area contributed by atoms with Crippen LogP contribution in [0.15, 0.2) is 17.0 Å². The van der Waals surface area contributed by atoms with Crippen LogP contribution in [-0.2, 0) is 14.6 Å². The fourth-order valence-corrected chi connectivity index (χ4v) is 4.91. The van der Waals surface area contributed by atoms with Gasteiger partial charge in [-0.2, -0.15) is 24.9 Å². The number of carbonyl (C=O) groups excluding carboxylic acids is 1. The summed E-state index contributed by atoms with van der Waals surface area (Å²) < 4.78 is 63.6. The number of nitrogens with one attached hydrogen (secondary N) is 1. The van der Waals surface area contributed by atoms with Crippen LogP contribution in [0.4, 0.5) is 24.5 Å².